The topological polar surface area (TPSA) is 80.3 Å². The van der Waals surface area contributed by atoms with Crippen LogP contribution in [0.5, 0.6) is 0 Å². The molecule has 0 spiro atoms. The van der Waals surface area contributed by atoms with Crippen molar-refractivity contribution in [3.63, 3.8) is 0 Å². The van der Waals surface area contributed by atoms with Crippen LogP contribution >= 0.6 is 0 Å². The highest BCUT2D eigenvalue weighted by molar-refractivity contribution is 6.90. The molecule has 0 aliphatic heterocycles. The molecular formula is C18H40O7Si4. The standard InChI is InChI=1S/C18H40O7Si4/c1-13-17(22-18(20)15(2)14-21-16(3)19)29(23-26(4,5)6,24-27(7,8)9)25-28(10,11)12/h17H,2,13-14H2,1,3-12H3. The van der Waals surface area contributed by atoms with Crippen molar-refractivity contribution in [1.82, 2.24) is 0 Å². The molecule has 0 heterocycles. The zero-order chi connectivity index (χ0) is 23.3. The molecule has 7 nitrogen and oxygen atoms in total. The van der Waals surface area contributed by atoms with Crippen LogP contribution in [-0.2, 0) is 31.4 Å². The van der Waals surface area contributed by atoms with Gasteiger partial charge in [0.15, 0.2) is 30.7 Å². The summed E-state index contributed by atoms with van der Waals surface area (Å²) in [5, 5.41) is 0. The number of hydrogen-bond acceptors (Lipinski definition) is 7. The lowest BCUT2D eigenvalue weighted by Crippen LogP contribution is -2.67. The Bertz CT molecular complexity index is 548. The molecule has 0 aliphatic carbocycles. The van der Waals surface area contributed by atoms with Gasteiger partial charge in [0, 0.05) is 6.92 Å². The Morgan fingerprint density at radius 3 is 1.48 bits per heavy atom. The highest BCUT2D eigenvalue weighted by Crippen LogP contribution is 2.31. The predicted molar refractivity (Wildman–Crippen MR) is 125 cm³/mol. The highest BCUT2D eigenvalue weighted by Gasteiger charge is 2.57. The summed E-state index contributed by atoms with van der Waals surface area (Å²) in [6.45, 7) is 25.3. The Kier molecular flexibility index (Phi) is 10.4. The van der Waals surface area contributed by atoms with Gasteiger partial charge in [-0.15, -0.1) is 0 Å². The number of ether oxygens (including phenoxy) is 2. The van der Waals surface area contributed by atoms with Crippen LogP contribution in [0.25, 0.3) is 0 Å². The zero-order valence-electron chi connectivity index (χ0n) is 20.1. The molecule has 0 aliphatic rings. The number of carbonyl (C=O) groups excluding carboxylic acids is 2. The van der Waals surface area contributed by atoms with Crippen molar-refractivity contribution in [1.29, 1.82) is 0 Å². The lowest BCUT2D eigenvalue weighted by Gasteiger charge is -2.45. The first kappa shape index (κ1) is 28.4. The monoisotopic (exact) mass is 480 g/mol. The van der Waals surface area contributed by atoms with E-state index in [1.165, 1.54) is 6.92 Å². The normalized spacial score (nSPS) is 14.3. The molecule has 0 bridgehead atoms. The van der Waals surface area contributed by atoms with Gasteiger partial charge in [0.05, 0.1) is 5.57 Å². The van der Waals surface area contributed by atoms with Crippen molar-refractivity contribution in [3.8, 4) is 0 Å². The third-order valence-electron chi connectivity index (χ3n) is 3.10. The lowest BCUT2D eigenvalue weighted by atomic mass is 10.3. The van der Waals surface area contributed by atoms with Crippen molar-refractivity contribution in [2.24, 2.45) is 0 Å². The van der Waals surface area contributed by atoms with Crippen LogP contribution in [0.1, 0.15) is 20.3 Å². The lowest BCUT2D eigenvalue weighted by molar-refractivity contribution is -0.145. The summed E-state index contributed by atoms with van der Waals surface area (Å²) in [7, 11) is -9.71. The van der Waals surface area contributed by atoms with Gasteiger partial charge in [-0.25, -0.2) is 4.79 Å². The van der Waals surface area contributed by atoms with E-state index < -0.39 is 51.4 Å². The van der Waals surface area contributed by atoms with Crippen molar-refractivity contribution >= 4 is 45.7 Å². The third-order valence-corrected chi connectivity index (χ3v) is 15.2. The van der Waals surface area contributed by atoms with E-state index in [2.05, 4.69) is 65.5 Å². The maximum absolute atomic E-state index is 12.6. The average molecular weight is 481 g/mol. The highest BCUT2D eigenvalue weighted by atomic mass is 28.5. The second-order valence-corrected chi connectivity index (χ2v) is 26.9. The molecular weight excluding hydrogens is 441 g/mol. The quantitative estimate of drug-likeness (QED) is 0.232. The molecule has 170 valence electrons. The van der Waals surface area contributed by atoms with Crippen LogP contribution in [0.4, 0.5) is 0 Å². The van der Waals surface area contributed by atoms with Crippen LogP contribution < -0.4 is 0 Å². The molecule has 0 N–H and O–H groups in total. The van der Waals surface area contributed by atoms with Gasteiger partial charge in [-0.05, 0) is 65.3 Å². The van der Waals surface area contributed by atoms with E-state index in [0.29, 0.717) is 6.42 Å². The minimum absolute atomic E-state index is 0.0653. The Hall–Kier alpha value is -0.572. The van der Waals surface area contributed by atoms with Crippen molar-refractivity contribution in [2.75, 3.05) is 6.61 Å². The fourth-order valence-electron chi connectivity index (χ4n) is 2.41. The van der Waals surface area contributed by atoms with E-state index >= 15 is 0 Å². The van der Waals surface area contributed by atoms with Gasteiger partial charge in [0.25, 0.3) is 0 Å². The van der Waals surface area contributed by atoms with E-state index in [0.717, 1.165) is 0 Å². The molecule has 0 aromatic carbocycles. The van der Waals surface area contributed by atoms with Gasteiger partial charge in [0.2, 0.25) is 0 Å². The molecule has 0 fully saturated rings. The van der Waals surface area contributed by atoms with E-state index in [-0.39, 0.29) is 12.2 Å². The van der Waals surface area contributed by atoms with Gasteiger partial charge in [0.1, 0.15) is 6.61 Å². The maximum atomic E-state index is 12.6. The molecule has 0 radical (unpaired) electrons. The molecule has 0 aromatic rings. The first-order valence-corrected chi connectivity index (χ1v) is 22.0. The van der Waals surface area contributed by atoms with Gasteiger partial charge >= 0.3 is 20.7 Å². The maximum Gasteiger partial charge on any atom is 0.512 e. The number of carbonyl (C=O) groups is 2. The minimum Gasteiger partial charge on any atom is -0.461 e. The van der Waals surface area contributed by atoms with E-state index in [1.54, 1.807) is 0 Å². The van der Waals surface area contributed by atoms with E-state index in [1.807, 2.05) is 6.92 Å². The van der Waals surface area contributed by atoms with Crippen LogP contribution in [-0.4, -0.2) is 58.0 Å². The van der Waals surface area contributed by atoms with Gasteiger partial charge in [-0.3, -0.25) is 4.79 Å². The predicted octanol–water partition coefficient (Wildman–Crippen LogP) is 4.46. The zero-order valence-corrected chi connectivity index (χ0v) is 24.1. The number of hydrogen-bond donors (Lipinski definition) is 0. The SMILES string of the molecule is C=C(COC(C)=O)C(=O)OC(CC)[Si](O[Si](C)(C)C)(O[Si](C)(C)C)O[Si](C)(C)C. The molecule has 1 unspecified atom stereocenters. The van der Waals surface area contributed by atoms with Crippen molar-refractivity contribution < 1.29 is 31.4 Å². The molecule has 0 saturated carbocycles. The third kappa shape index (κ3) is 12.0. The fourth-order valence-corrected chi connectivity index (χ4v) is 16.6. The summed E-state index contributed by atoms with van der Waals surface area (Å²) < 4.78 is 30.5. The fraction of sp³-hybridized carbons (Fsp3) is 0.778. The summed E-state index contributed by atoms with van der Waals surface area (Å²) in [6, 6.07) is 0. The van der Waals surface area contributed by atoms with Gasteiger partial charge in [-0.1, -0.05) is 13.5 Å². The Labute approximate surface area is 180 Å². The van der Waals surface area contributed by atoms with Gasteiger partial charge < -0.3 is 21.8 Å². The first-order chi connectivity index (χ1) is 12.8. The molecule has 29 heavy (non-hydrogen) atoms. The van der Waals surface area contributed by atoms with Crippen LogP contribution in [0.15, 0.2) is 12.2 Å². The average Bonchev–Trinajstić information content (AvgIpc) is 2.44. The number of rotatable bonds is 12. The van der Waals surface area contributed by atoms with Crippen molar-refractivity contribution in [3.05, 3.63) is 12.2 Å². The molecule has 0 rings (SSSR count). The molecule has 0 aromatic heterocycles. The van der Waals surface area contributed by atoms with Gasteiger partial charge in [-0.2, -0.15) is 0 Å². The second-order valence-electron chi connectivity index (χ2n) is 9.93. The Morgan fingerprint density at radius 2 is 1.21 bits per heavy atom. The molecule has 0 saturated heterocycles. The summed E-state index contributed by atoms with van der Waals surface area (Å²) in [5.41, 5.74) is -0.593. The molecule has 11 heteroatoms. The van der Waals surface area contributed by atoms with Crippen LogP contribution in [0.3, 0.4) is 0 Å². The Morgan fingerprint density at radius 1 is 0.828 bits per heavy atom. The smallest absolute Gasteiger partial charge is 0.461 e. The first-order valence-electron chi connectivity index (χ1n) is 9.93. The number of esters is 2. The van der Waals surface area contributed by atoms with E-state index in [9.17, 15) is 9.59 Å². The van der Waals surface area contributed by atoms with Crippen LogP contribution in [0.2, 0.25) is 58.9 Å². The summed E-state index contributed by atoms with van der Waals surface area (Å²) in [6.07, 6.45) is 0.484. The minimum atomic E-state index is -3.39. The molecule has 1 atom stereocenters. The largest absolute Gasteiger partial charge is 0.512 e. The van der Waals surface area contributed by atoms with Crippen LogP contribution in [0, 0.1) is 0 Å². The second kappa shape index (κ2) is 10.6. The summed E-state index contributed by atoms with van der Waals surface area (Å²) >= 11 is 0. The molecule has 0 amide bonds. The summed E-state index contributed by atoms with van der Waals surface area (Å²) in [5.74, 6) is -1.12. The summed E-state index contributed by atoms with van der Waals surface area (Å²) in [4.78, 5) is 23.7. The van der Waals surface area contributed by atoms with E-state index in [4.69, 9.17) is 21.8 Å². The Balaban J connectivity index is 6.02. The van der Waals surface area contributed by atoms with Crippen molar-refractivity contribution in [2.45, 2.75) is 84.9 Å².